The van der Waals surface area contributed by atoms with Crippen LogP contribution in [0.1, 0.15) is 10.4 Å². The smallest absolute Gasteiger partial charge is 0.307 e. The molecule has 0 aliphatic rings. The third-order valence-electron chi connectivity index (χ3n) is 2.53. The third-order valence-corrected chi connectivity index (χ3v) is 2.53. The Labute approximate surface area is 116 Å². The molecule has 1 amide bonds. The van der Waals surface area contributed by atoms with Crippen molar-refractivity contribution in [2.45, 2.75) is 0 Å². The van der Waals surface area contributed by atoms with Crippen LogP contribution in [-0.4, -0.2) is 15.8 Å². The highest BCUT2D eigenvalue weighted by atomic mass is 19.1. The highest BCUT2D eigenvalue weighted by Crippen LogP contribution is 2.25. The molecule has 0 fully saturated rings. The van der Waals surface area contributed by atoms with Gasteiger partial charge in [0.1, 0.15) is 11.6 Å². The monoisotopic (exact) mass is 294 g/mol. The summed E-state index contributed by atoms with van der Waals surface area (Å²) >= 11 is 0. The molecule has 9 heteroatoms. The maximum Gasteiger partial charge on any atom is 0.307 e. The van der Waals surface area contributed by atoms with Crippen molar-refractivity contribution in [1.29, 1.82) is 0 Å². The fraction of sp³-hybridized carbons (Fsp3) is 0. The molecule has 1 heterocycles. The molecule has 1 aromatic carbocycles. The van der Waals surface area contributed by atoms with Gasteiger partial charge in [-0.1, -0.05) is 0 Å². The molecule has 108 valence electrons. The van der Waals surface area contributed by atoms with Gasteiger partial charge in [-0.3, -0.25) is 14.9 Å². The van der Waals surface area contributed by atoms with E-state index in [-0.39, 0.29) is 11.4 Å². The number of nitro groups is 1. The second-order valence-corrected chi connectivity index (χ2v) is 3.97. The standard InChI is InChI=1S/C12H8F2N4O3/c13-7-3-8(14)10(18(20)21)4-9(7)17-12(19)6-1-2-11(15)16-5-6/h1-5H,(H2,15,16)(H,17,19). The zero-order valence-electron chi connectivity index (χ0n) is 10.3. The van der Waals surface area contributed by atoms with E-state index in [1.54, 1.807) is 0 Å². The summed E-state index contributed by atoms with van der Waals surface area (Å²) in [5, 5.41) is 12.7. The Morgan fingerprint density at radius 3 is 2.57 bits per heavy atom. The van der Waals surface area contributed by atoms with Crippen molar-refractivity contribution < 1.29 is 18.5 Å². The summed E-state index contributed by atoms with van der Waals surface area (Å²) in [5.74, 6) is -3.03. The van der Waals surface area contributed by atoms with Crippen LogP contribution in [0.25, 0.3) is 0 Å². The third kappa shape index (κ3) is 3.08. The second kappa shape index (κ2) is 5.49. The molecule has 21 heavy (non-hydrogen) atoms. The maximum atomic E-state index is 13.5. The van der Waals surface area contributed by atoms with Crippen LogP contribution in [0.3, 0.4) is 0 Å². The molecule has 0 aliphatic heterocycles. The molecular formula is C12H8F2N4O3. The second-order valence-electron chi connectivity index (χ2n) is 3.97. The summed E-state index contributed by atoms with van der Waals surface area (Å²) in [5.41, 5.74) is 3.97. The van der Waals surface area contributed by atoms with Gasteiger partial charge in [0.2, 0.25) is 5.82 Å². The van der Waals surface area contributed by atoms with E-state index < -0.39 is 33.8 Å². The molecular weight excluding hydrogens is 286 g/mol. The van der Waals surface area contributed by atoms with E-state index in [1.165, 1.54) is 12.1 Å². The Balaban J connectivity index is 2.30. The first-order chi connectivity index (χ1) is 9.88. The van der Waals surface area contributed by atoms with E-state index in [1.807, 2.05) is 0 Å². The van der Waals surface area contributed by atoms with Crippen molar-refractivity contribution in [2.75, 3.05) is 11.1 Å². The molecule has 7 nitrogen and oxygen atoms in total. The Morgan fingerprint density at radius 1 is 1.29 bits per heavy atom. The normalized spacial score (nSPS) is 10.2. The zero-order valence-corrected chi connectivity index (χ0v) is 10.3. The number of benzene rings is 1. The molecule has 0 saturated carbocycles. The van der Waals surface area contributed by atoms with Crippen LogP contribution >= 0.6 is 0 Å². The quantitative estimate of drug-likeness (QED) is 0.665. The Bertz CT molecular complexity index is 719. The number of nitro benzene ring substituents is 1. The van der Waals surface area contributed by atoms with Crippen molar-refractivity contribution in [3.05, 3.63) is 57.8 Å². The average molecular weight is 294 g/mol. The number of nitrogen functional groups attached to an aromatic ring is 1. The molecule has 0 atom stereocenters. The lowest BCUT2D eigenvalue weighted by Gasteiger charge is -2.06. The van der Waals surface area contributed by atoms with Crippen LogP contribution in [0.4, 0.5) is 26.0 Å². The number of hydrogen-bond acceptors (Lipinski definition) is 5. The van der Waals surface area contributed by atoms with E-state index in [9.17, 15) is 23.7 Å². The van der Waals surface area contributed by atoms with Gasteiger partial charge in [-0.15, -0.1) is 0 Å². The Kier molecular flexibility index (Phi) is 3.74. The summed E-state index contributed by atoms with van der Waals surface area (Å²) < 4.78 is 26.7. The van der Waals surface area contributed by atoms with Crippen molar-refractivity contribution in [1.82, 2.24) is 4.98 Å². The van der Waals surface area contributed by atoms with E-state index in [2.05, 4.69) is 10.3 Å². The molecule has 1 aromatic heterocycles. The van der Waals surface area contributed by atoms with Crippen LogP contribution in [0.2, 0.25) is 0 Å². The molecule has 2 rings (SSSR count). The minimum Gasteiger partial charge on any atom is -0.384 e. The number of anilines is 2. The van der Waals surface area contributed by atoms with Gasteiger partial charge in [0.25, 0.3) is 5.91 Å². The minimum absolute atomic E-state index is 0.0654. The number of aromatic nitrogens is 1. The molecule has 0 aliphatic carbocycles. The minimum atomic E-state index is -1.33. The van der Waals surface area contributed by atoms with Gasteiger partial charge in [0.05, 0.1) is 16.2 Å². The number of nitrogens with two attached hydrogens (primary N) is 1. The van der Waals surface area contributed by atoms with Crippen LogP contribution in [0, 0.1) is 21.7 Å². The van der Waals surface area contributed by atoms with E-state index in [0.717, 1.165) is 6.20 Å². The fourth-order valence-corrected chi connectivity index (χ4v) is 1.51. The van der Waals surface area contributed by atoms with Gasteiger partial charge < -0.3 is 11.1 Å². The SMILES string of the molecule is Nc1ccc(C(=O)Nc2cc([N+](=O)[O-])c(F)cc2F)cn1. The van der Waals surface area contributed by atoms with Crippen molar-refractivity contribution in [3.8, 4) is 0 Å². The van der Waals surface area contributed by atoms with Crippen LogP contribution in [0.5, 0.6) is 0 Å². The van der Waals surface area contributed by atoms with Crippen molar-refractivity contribution in [2.24, 2.45) is 0 Å². The first kappa shape index (κ1) is 14.3. The lowest BCUT2D eigenvalue weighted by atomic mass is 10.2. The lowest BCUT2D eigenvalue weighted by molar-refractivity contribution is -0.387. The number of nitrogens with zero attached hydrogens (tertiary/aromatic N) is 2. The number of carbonyl (C=O) groups is 1. The maximum absolute atomic E-state index is 13.5. The van der Waals surface area contributed by atoms with Gasteiger partial charge in [0.15, 0.2) is 0 Å². The number of carbonyl (C=O) groups excluding carboxylic acids is 1. The van der Waals surface area contributed by atoms with E-state index in [4.69, 9.17) is 5.73 Å². The molecule has 0 saturated heterocycles. The summed E-state index contributed by atoms with van der Waals surface area (Å²) in [4.78, 5) is 25.1. The predicted octanol–water partition coefficient (Wildman–Crippen LogP) is 2.10. The average Bonchev–Trinajstić information content (AvgIpc) is 2.42. The number of pyridine rings is 1. The van der Waals surface area contributed by atoms with Crippen molar-refractivity contribution >= 4 is 23.1 Å². The van der Waals surface area contributed by atoms with Gasteiger partial charge in [0, 0.05) is 18.3 Å². The summed E-state index contributed by atoms with van der Waals surface area (Å²) in [6.45, 7) is 0. The predicted molar refractivity (Wildman–Crippen MR) is 69.6 cm³/mol. The van der Waals surface area contributed by atoms with Gasteiger partial charge in [-0.25, -0.2) is 9.37 Å². The molecule has 0 unspecified atom stereocenters. The van der Waals surface area contributed by atoms with Gasteiger partial charge >= 0.3 is 5.69 Å². The first-order valence-corrected chi connectivity index (χ1v) is 5.55. The number of nitrogens with one attached hydrogen (secondary N) is 1. The largest absolute Gasteiger partial charge is 0.384 e. The molecule has 0 spiro atoms. The zero-order chi connectivity index (χ0) is 15.6. The number of amides is 1. The topological polar surface area (TPSA) is 111 Å². The number of rotatable bonds is 3. The molecule has 0 bridgehead atoms. The summed E-state index contributed by atoms with van der Waals surface area (Å²) in [7, 11) is 0. The highest BCUT2D eigenvalue weighted by molar-refractivity contribution is 6.04. The summed E-state index contributed by atoms with van der Waals surface area (Å²) in [6, 6.07) is 3.63. The number of hydrogen-bond donors (Lipinski definition) is 2. The van der Waals surface area contributed by atoms with Crippen LogP contribution in [0.15, 0.2) is 30.5 Å². The molecule has 2 aromatic rings. The number of halogens is 2. The van der Waals surface area contributed by atoms with E-state index in [0.29, 0.717) is 12.1 Å². The van der Waals surface area contributed by atoms with E-state index >= 15 is 0 Å². The lowest BCUT2D eigenvalue weighted by Crippen LogP contribution is -2.14. The molecule has 0 radical (unpaired) electrons. The summed E-state index contributed by atoms with van der Waals surface area (Å²) in [6.07, 6.45) is 1.15. The van der Waals surface area contributed by atoms with Crippen LogP contribution < -0.4 is 11.1 Å². The first-order valence-electron chi connectivity index (χ1n) is 5.55. The fourth-order valence-electron chi connectivity index (χ4n) is 1.51. The highest BCUT2D eigenvalue weighted by Gasteiger charge is 2.20. The Morgan fingerprint density at radius 2 is 2.00 bits per heavy atom. The Hall–Kier alpha value is -3.10. The molecule has 3 N–H and O–H groups in total. The van der Waals surface area contributed by atoms with Crippen molar-refractivity contribution in [3.63, 3.8) is 0 Å². The van der Waals surface area contributed by atoms with Crippen LogP contribution in [-0.2, 0) is 0 Å². The van der Waals surface area contributed by atoms with Gasteiger partial charge in [-0.05, 0) is 12.1 Å². The van der Waals surface area contributed by atoms with Gasteiger partial charge in [-0.2, -0.15) is 4.39 Å².